The minimum Gasteiger partial charge on any atom is -0.371 e. The zero-order chi connectivity index (χ0) is 17.0. The first-order valence-corrected chi connectivity index (χ1v) is 10.6. The molecule has 1 N–H and O–H groups in total. The van der Waals surface area contributed by atoms with Crippen LogP contribution in [0.5, 0.6) is 0 Å². The van der Waals surface area contributed by atoms with Gasteiger partial charge in [0.1, 0.15) is 4.21 Å². The van der Waals surface area contributed by atoms with Crippen LogP contribution in [0.15, 0.2) is 40.9 Å². The molecular weight excluding hydrogens is 342 g/mol. The van der Waals surface area contributed by atoms with Gasteiger partial charge in [-0.1, -0.05) is 6.92 Å². The molecule has 0 aliphatic carbocycles. The molecular formula is C17H23N3O2S2. The van der Waals surface area contributed by atoms with E-state index in [9.17, 15) is 8.42 Å². The van der Waals surface area contributed by atoms with E-state index >= 15 is 0 Å². The van der Waals surface area contributed by atoms with Crippen molar-refractivity contribution in [2.45, 2.75) is 30.4 Å². The first-order chi connectivity index (χ1) is 11.6. The molecule has 0 bridgehead atoms. The maximum Gasteiger partial charge on any atom is 0.250 e. The predicted molar refractivity (Wildman–Crippen MR) is 98.1 cm³/mol. The van der Waals surface area contributed by atoms with E-state index in [1.165, 1.54) is 17.0 Å². The Kier molecular flexibility index (Phi) is 5.53. The van der Waals surface area contributed by atoms with Gasteiger partial charge in [-0.2, -0.15) is 0 Å². The van der Waals surface area contributed by atoms with Gasteiger partial charge in [-0.05, 0) is 49.4 Å². The topological polar surface area (TPSA) is 62.3 Å². The molecule has 0 saturated carbocycles. The largest absolute Gasteiger partial charge is 0.371 e. The van der Waals surface area contributed by atoms with E-state index in [0.717, 1.165) is 37.2 Å². The molecule has 0 aromatic carbocycles. The maximum atomic E-state index is 12.4. The van der Waals surface area contributed by atoms with Crippen LogP contribution in [0.3, 0.4) is 0 Å². The summed E-state index contributed by atoms with van der Waals surface area (Å²) < 4.78 is 28.0. The second-order valence-electron chi connectivity index (χ2n) is 6.06. The minimum absolute atomic E-state index is 0.392. The number of hydrogen-bond acceptors (Lipinski definition) is 5. The highest BCUT2D eigenvalue weighted by Gasteiger charge is 2.22. The molecule has 3 heterocycles. The van der Waals surface area contributed by atoms with Gasteiger partial charge in [0, 0.05) is 42.6 Å². The lowest BCUT2D eigenvalue weighted by Crippen LogP contribution is -2.38. The van der Waals surface area contributed by atoms with Gasteiger partial charge in [-0.3, -0.25) is 4.98 Å². The number of piperidine rings is 1. The highest BCUT2D eigenvalue weighted by atomic mass is 32.2. The lowest BCUT2D eigenvalue weighted by molar-refractivity contribution is 0.402. The Bertz CT molecular complexity index is 751. The number of nitrogens with zero attached hydrogens (tertiary/aromatic N) is 2. The van der Waals surface area contributed by atoms with Crippen LogP contribution in [-0.2, 0) is 16.4 Å². The molecule has 0 unspecified atom stereocenters. The van der Waals surface area contributed by atoms with Crippen molar-refractivity contribution < 1.29 is 8.42 Å². The van der Waals surface area contributed by atoms with Gasteiger partial charge in [0.15, 0.2) is 0 Å². The molecule has 130 valence electrons. The van der Waals surface area contributed by atoms with Crippen LogP contribution in [0.25, 0.3) is 0 Å². The van der Waals surface area contributed by atoms with Crippen molar-refractivity contribution in [2.75, 3.05) is 24.5 Å². The second-order valence-corrected chi connectivity index (χ2v) is 9.22. The van der Waals surface area contributed by atoms with E-state index in [1.807, 2.05) is 25.1 Å². The van der Waals surface area contributed by atoms with Crippen molar-refractivity contribution in [1.29, 1.82) is 0 Å². The molecule has 1 aliphatic rings. The number of hydrogen-bond donors (Lipinski definition) is 1. The normalized spacial score (nSPS) is 16.5. The fourth-order valence-electron chi connectivity index (χ4n) is 2.94. The van der Waals surface area contributed by atoms with Crippen LogP contribution < -0.4 is 9.62 Å². The number of rotatable bonds is 6. The Hall–Kier alpha value is -1.44. The summed E-state index contributed by atoms with van der Waals surface area (Å²) in [5.74, 6) is 0.392. The van der Waals surface area contributed by atoms with Crippen molar-refractivity contribution >= 4 is 27.0 Å². The van der Waals surface area contributed by atoms with Gasteiger partial charge >= 0.3 is 0 Å². The summed E-state index contributed by atoms with van der Waals surface area (Å²) in [6.07, 6.45) is 6.47. The van der Waals surface area contributed by atoms with Crippen LogP contribution >= 0.6 is 11.3 Å². The standard InChI is InChI=1S/C17H23N3O2S2/c1-2-16-3-4-17(23-16)24(21,22)19-13-14-7-11-20(12-8-14)15-5-9-18-10-6-15/h3-6,9-10,14,19H,2,7-8,11-13H2,1H3. The number of nitrogens with one attached hydrogen (secondary N) is 1. The third-order valence-electron chi connectivity index (χ3n) is 4.45. The molecule has 0 amide bonds. The van der Waals surface area contributed by atoms with Crippen LogP contribution in [-0.4, -0.2) is 33.0 Å². The Balaban J connectivity index is 1.51. The number of sulfonamides is 1. The number of anilines is 1. The fourth-order valence-corrected chi connectivity index (χ4v) is 5.40. The maximum absolute atomic E-state index is 12.4. The fraction of sp³-hybridized carbons (Fsp3) is 0.471. The molecule has 2 aromatic heterocycles. The summed E-state index contributed by atoms with van der Waals surface area (Å²) in [4.78, 5) is 7.48. The van der Waals surface area contributed by atoms with Crippen molar-refractivity contribution in [3.8, 4) is 0 Å². The van der Waals surface area contributed by atoms with E-state index in [-0.39, 0.29) is 0 Å². The van der Waals surface area contributed by atoms with Crippen molar-refractivity contribution in [3.05, 3.63) is 41.5 Å². The molecule has 24 heavy (non-hydrogen) atoms. The Morgan fingerprint density at radius 3 is 2.54 bits per heavy atom. The zero-order valence-electron chi connectivity index (χ0n) is 13.8. The van der Waals surface area contributed by atoms with E-state index in [1.54, 1.807) is 18.5 Å². The smallest absolute Gasteiger partial charge is 0.250 e. The molecule has 2 aromatic rings. The second kappa shape index (κ2) is 7.63. The number of aromatic nitrogens is 1. The Morgan fingerprint density at radius 1 is 1.21 bits per heavy atom. The zero-order valence-corrected chi connectivity index (χ0v) is 15.4. The van der Waals surface area contributed by atoms with Crippen LogP contribution in [0.2, 0.25) is 0 Å². The van der Waals surface area contributed by atoms with Gasteiger partial charge in [0.2, 0.25) is 10.0 Å². The third kappa shape index (κ3) is 4.15. The predicted octanol–water partition coefficient (Wildman–Crippen LogP) is 2.90. The molecule has 5 nitrogen and oxygen atoms in total. The summed E-state index contributed by atoms with van der Waals surface area (Å²) in [6, 6.07) is 7.64. The first-order valence-electron chi connectivity index (χ1n) is 8.32. The lowest BCUT2D eigenvalue weighted by Gasteiger charge is -2.33. The Morgan fingerprint density at radius 2 is 1.92 bits per heavy atom. The summed E-state index contributed by atoms with van der Waals surface area (Å²) >= 11 is 1.36. The summed E-state index contributed by atoms with van der Waals surface area (Å²) in [5, 5.41) is 0. The van der Waals surface area contributed by atoms with Gasteiger partial charge in [0.25, 0.3) is 0 Å². The highest BCUT2D eigenvalue weighted by molar-refractivity contribution is 7.91. The molecule has 0 spiro atoms. The molecule has 0 atom stereocenters. The summed E-state index contributed by atoms with van der Waals surface area (Å²) in [7, 11) is -3.37. The van der Waals surface area contributed by atoms with Crippen molar-refractivity contribution in [2.24, 2.45) is 5.92 Å². The molecule has 1 saturated heterocycles. The minimum atomic E-state index is -3.37. The highest BCUT2D eigenvalue weighted by Crippen LogP contribution is 2.24. The van der Waals surface area contributed by atoms with Gasteiger partial charge < -0.3 is 4.90 Å². The number of thiophene rings is 1. The van der Waals surface area contributed by atoms with E-state index in [2.05, 4.69) is 14.6 Å². The van der Waals surface area contributed by atoms with Crippen molar-refractivity contribution in [3.63, 3.8) is 0 Å². The monoisotopic (exact) mass is 365 g/mol. The van der Waals surface area contributed by atoms with Crippen LogP contribution in [0.1, 0.15) is 24.6 Å². The first kappa shape index (κ1) is 17.4. The molecule has 7 heteroatoms. The summed E-state index contributed by atoms with van der Waals surface area (Å²) in [5.41, 5.74) is 1.19. The lowest BCUT2D eigenvalue weighted by atomic mass is 9.97. The third-order valence-corrected chi connectivity index (χ3v) is 7.60. The SMILES string of the molecule is CCc1ccc(S(=O)(=O)NCC2CCN(c3ccncc3)CC2)s1. The molecule has 1 aliphatic heterocycles. The molecule has 1 fully saturated rings. The number of aryl methyl sites for hydroxylation is 1. The van der Waals surface area contributed by atoms with Crippen LogP contribution in [0, 0.1) is 5.92 Å². The molecule has 3 rings (SSSR count). The molecule has 0 radical (unpaired) electrons. The summed E-state index contributed by atoms with van der Waals surface area (Å²) in [6.45, 7) is 4.46. The quantitative estimate of drug-likeness (QED) is 0.855. The average Bonchev–Trinajstić information content (AvgIpc) is 3.11. The van der Waals surface area contributed by atoms with E-state index < -0.39 is 10.0 Å². The van der Waals surface area contributed by atoms with Gasteiger partial charge in [0.05, 0.1) is 0 Å². The van der Waals surface area contributed by atoms with Gasteiger partial charge in [-0.25, -0.2) is 13.1 Å². The van der Waals surface area contributed by atoms with E-state index in [4.69, 9.17) is 0 Å². The Labute approximate surface area is 147 Å². The van der Waals surface area contributed by atoms with Crippen LogP contribution in [0.4, 0.5) is 5.69 Å². The van der Waals surface area contributed by atoms with Crippen molar-refractivity contribution in [1.82, 2.24) is 9.71 Å². The average molecular weight is 366 g/mol. The number of pyridine rings is 1. The van der Waals surface area contributed by atoms with E-state index in [0.29, 0.717) is 16.7 Å². The van der Waals surface area contributed by atoms with Gasteiger partial charge in [-0.15, -0.1) is 11.3 Å².